The number of carbonyl (C=O) groups excluding carboxylic acids is 1. The third kappa shape index (κ3) is 6.18. The monoisotopic (exact) mass is 591 g/mol. The number of rotatable bonds is 10. The number of nitrogens with one attached hydrogen (secondary N) is 3. The number of fused-ring (bicyclic) bond motifs is 1. The van der Waals surface area contributed by atoms with Crippen LogP contribution in [0.5, 0.6) is 5.75 Å². The van der Waals surface area contributed by atoms with E-state index < -0.39 is 12.1 Å². The maximum absolute atomic E-state index is 12.6. The van der Waals surface area contributed by atoms with Crippen molar-refractivity contribution in [3.05, 3.63) is 59.8 Å². The van der Waals surface area contributed by atoms with Crippen LogP contribution in [0.1, 0.15) is 13.3 Å². The molecule has 0 aliphatic heterocycles. The topological polar surface area (TPSA) is 195 Å². The number of nitrogen functional groups attached to an aromatic ring is 1. The van der Waals surface area contributed by atoms with Crippen molar-refractivity contribution in [2.75, 3.05) is 29.5 Å². The number of hydrogen-bond donors (Lipinski definition) is 5. The molecule has 5 rings (SSSR count). The summed E-state index contributed by atoms with van der Waals surface area (Å²) in [6, 6.07) is 13.5. The molecule has 0 atom stereocenters. The summed E-state index contributed by atoms with van der Waals surface area (Å²) >= 11 is 5.92. The van der Waals surface area contributed by atoms with Crippen molar-refractivity contribution in [1.82, 2.24) is 30.2 Å². The molecular formula is C27H26ClN9O5. The molecule has 3 aromatic heterocycles. The number of nitrogens with two attached hydrogens (primary N) is 1. The Balaban J connectivity index is 1.49. The number of halogens is 1. The fraction of sp³-hybridized carbons (Fsp3) is 0.185. The highest BCUT2D eigenvalue weighted by Gasteiger charge is 2.24. The number of nitrogens with zero attached hydrogens (tertiary/aromatic N) is 5. The number of ether oxygens (including phenoxy) is 1. The minimum absolute atomic E-state index is 0.0784. The minimum atomic E-state index is -1.10. The number of carbonyl (C=O) groups is 2. The number of urea groups is 1. The van der Waals surface area contributed by atoms with Gasteiger partial charge in [0.1, 0.15) is 11.0 Å². The number of hydrogen-bond acceptors (Lipinski definition) is 9. The van der Waals surface area contributed by atoms with E-state index in [1.165, 1.54) is 0 Å². The number of pyridine rings is 1. The zero-order chi connectivity index (χ0) is 29.6. The Morgan fingerprint density at radius 3 is 2.60 bits per heavy atom. The highest BCUT2D eigenvalue weighted by Crippen LogP contribution is 2.37. The van der Waals surface area contributed by atoms with Crippen molar-refractivity contribution in [2.45, 2.75) is 19.9 Å². The predicted molar refractivity (Wildman–Crippen MR) is 157 cm³/mol. The van der Waals surface area contributed by atoms with Gasteiger partial charge < -0.3 is 36.1 Å². The summed E-state index contributed by atoms with van der Waals surface area (Å²) in [6.07, 6.45) is 0.918. The Hall–Kier alpha value is -5.37. The van der Waals surface area contributed by atoms with Gasteiger partial charge in [-0.05, 0) is 60.1 Å². The molecule has 42 heavy (non-hydrogen) atoms. The van der Waals surface area contributed by atoms with E-state index in [0.717, 1.165) is 0 Å². The van der Waals surface area contributed by atoms with E-state index in [0.29, 0.717) is 63.2 Å². The maximum atomic E-state index is 12.6. The Bertz CT molecular complexity index is 1740. The summed E-state index contributed by atoms with van der Waals surface area (Å²) in [5.74, 6) is 0.931. The first kappa shape index (κ1) is 28.2. The summed E-state index contributed by atoms with van der Waals surface area (Å²) in [7, 11) is 0. The number of benzene rings is 2. The quantitative estimate of drug-likeness (QED) is 0.136. The van der Waals surface area contributed by atoms with Crippen molar-refractivity contribution in [2.24, 2.45) is 0 Å². The molecule has 0 aliphatic carbocycles. The number of amides is 3. The minimum Gasteiger partial charge on any atom is -0.490 e. The molecule has 0 fully saturated rings. The van der Waals surface area contributed by atoms with Gasteiger partial charge in [0.25, 0.3) is 0 Å². The van der Waals surface area contributed by atoms with Crippen LogP contribution in [0.4, 0.5) is 26.8 Å². The Kier molecular flexibility index (Phi) is 8.34. The van der Waals surface area contributed by atoms with Gasteiger partial charge in [0.15, 0.2) is 23.1 Å². The van der Waals surface area contributed by atoms with Gasteiger partial charge in [0, 0.05) is 35.1 Å². The molecule has 0 unspecified atom stereocenters. The van der Waals surface area contributed by atoms with E-state index in [1.807, 2.05) is 17.6 Å². The van der Waals surface area contributed by atoms with Crippen molar-refractivity contribution in [3.63, 3.8) is 0 Å². The Morgan fingerprint density at radius 2 is 1.88 bits per heavy atom. The normalized spacial score (nSPS) is 10.9. The summed E-state index contributed by atoms with van der Waals surface area (Å²) in [5, 5.41) is 24.9. The largest absolute Gasteiger partial charge is 0.490 e. The molecule has 216 valence electrons. The number of aryl methyl sites for hydroxylation is 1. The van der Waals surface area contributed by atoms with Crippen LogP contribution in [-0.4, -0.2) is 55.2 Å². The van der Waals surface area contributed by atoms with Gasteiger partial charge in [-0.2, -0.15) is 0 Å². The molecule has 15 heteroatoms. The maximum Gasteiger partial charge on any atom is 0.404 e. The molecule has 0 saturated heterocycles. The zero-order valence-electron chi connectivity index (χ0n) is 22.3. The van der Waals surface area contributed by atoms with Crippen LogP contribution in [0.2, 0.25) is 5.02 Å². The van der Waals surface area contributed by atoms with Gasteiger partial charge in [0.05, 0.1) is 18.5 Å². The van der Waals surface area contributed by atoms with Crippen LogP contribution in [0.3, 0.4) is 0 Å². The number of carboxylic acid groups (broad SMARTS) is 1. The second kappa shape index (κ2) is 12.4. The van der Waals surface area contributed by atoms with Gasteiger partial charge in [-0.1, -0.05) is 23.7 Å². The smallest absolute Gasteiger partial charge is 0.404 e. The first-order valence-corrected chi connectivity index (χ1v) is 13.2. The summed E-state index contributed by atoms with van der Waals surface area (Å²) < 4.78 is 12.7. The highest BCUT2D eigenvalue weighted by atomic mass is 35.5. The number of anilines is 3. The number of aromatic nitrogens is 5. The van der Waals surface area contributed by atoms with Crippen molar-refractivity contribution >= 4 is 52.0 Å². The summed E-state index contributed by atoms with van der Waals surface area (Å²) in [4.78, 5) is 32.9. The third-order valence-corrected chi connectivity index (χ3v) is 6.38. The fourth-order valence-electron chi connectivity index (χ4n) is 4.29. The number of imidazole rings is 1. The van der Waals surface area contributed by atoms with E-state index in [4.69, 9.17) is 36.8 Å². The van der Waals surface area contributed by atoms with E-state index in [9.17, 15) is 9.59 Å². The molecule has 3 amide bonds. The van der Waals surface area contributed by atoms with Gasteiger partial charge in [0.2, 0.25) is 0 Å². The molecule has 6 N–H and O–H groups in total. The van der Waals surface area contributed by atoms with E-state index >= 15 is 0 Å². The lowest BCUT2D eigenvalue weighted by molar-refractivity contribution is 0.193. The SMILES string of the molecule is CCn1c(-c2nonc2N)nc2c(-c3cccc(NC(=O)Nc4ccc(Cl)cc4)c3)ncc(OCCCNC(=O)O)c21. The highest BCUT2D eigenvalue weighted by molar-refractivity contribution is 6.30. The third-order valence-electron chi connectivity index (χ3n) is 6.13. The molecule has 0 bridgehead atoms. The fourth-order valence-corrected chi connectivity index (χ4v) is 4.42. The predicted octanol–water partition coefficient (Wildman–Crippen LogP) is 5.08. The van der Waals surface area contributed by atoms with Crippen molar-refractivity contribution in [3.8, 4) is 28.5 Å². The van der Waals surface area contributed by atoms with Gasteiger partial charge >= 0.3 is 12.1 Å². The Morgan fingerprint density at radius 1 is 1.10 bits per heavy atom. The molecular weight excluding hydrogens is 566 g/mol. The van der Waals surface area contributed by atoms with Crippen molar-refractivity contribution < 1.29 is 24.1 Å². The lowest BCUT2D eigenvalue weighted by Gasteiger charge is -2.12. The van der Waals surface area contributed by atoms with Crippen LogP contribution in [-0.2, 0) is 6.54 Å². The Labute approximate surface area is 243 Å². The molecule has 0 radical (unpaired) electrons. The first-order valence-electron chi connectivity index (χ1n) is 12.8. The lowest BCUT2D eigenvalue weighted by Crippen LogP contribution is -2.23. The lowest BCUT2D eigenvalue weighted by atomic mass is 10.1. The molecule has 14 nitrogen and oxygen atoms in total. The van der Waals surface area contributed by atoms with E-state index in [-0.39, 0.29) is 24.7 Å². The second-order valence-electron chi connectivity index (χ2n) is 8.95. The van der Waals surface area contributed by atoms with Crippen LogP contribution in [0.25, 0.3) is 33.8 Å². The van der Waals surface area contributed by atoms with Crippen LogP contribution < -0.4 is 26.4 Å². The average molecular weight is 592 g/mol. The molecule has 0 aliphatic rings. The van der Waals surface area contributed by atoms with Gasteiger partial charge in [-0.25, -0.2) is 24.2 Å². The van der Waals surface area contributed by atoms with Gasteiger partial charge in [-0.15, -0.1) is 0 Å². The van der Waals surface area contributed by atoms with E-state index in [1.54, 1.807) is 48.7 Å². The summed E-state index contributed by atoms with van der Waals surface area (Å²) in [5.41, 5.74) is 9.71. The molecule has 2 aromatic carbocycles. The molecule has 0 spiro atoms. The standard InChI is InChI=1S/C27H26ClN9O5/c1-2-37-23-19(41-12-4-11-30-27(39)40)14-31-20(21(23)34-25(37)22-24(29)36-42-35-22)15-5-3-6-18(13-15)33-26(38)32-17-9-7-16(28)8-10-17/h3,5-10,13-14,30H,2,4,11-12H2,1H3,(H2,29,36)(H,39,40)(H2,32,33,38). The van der Waals surface area contributed by atoms with Crippen LogP contribution in [0, 0.1) is 0 Å². The van der Waals surface area contributed by atoms with Gasteiger partial charge in [-0.3, -0.25) is 0 Å². The van der Waals surface area contributed by atoms with Crippen molar-refractivity contribution in [1.29, 1.82) is 0 Å². The average Bonchev–Trinajstić information content (AvgIpc) is 3.57. The molecule has 3 heterocycles. The van der Waals surface area contributed by atoms with Crippen LogP contribution >= 0.6 is 11.6 Å². The zero-order valence-corrected chi connectivity index (χ0v) is 23.1. The molecule has 0 saturated carbocycles. The second-order valence-corrected chi connectivity index (χ2v) is 9.38. The first-order chi connectivity index (χ1) is 20.3. The summed E-state index contributed by atoms with van der Waals surface area (Å²) in [6.45, 7) is 2.87. The molecule has 5 aromatic rings. The van der Waals surface area contributed by atoms with E-state index in [2.05, 4.69) is 31.2 Å². The van der Waals surface area contributed by atoms with Crippen LogP contribution in [0.15, 0.2) is 59.4 Å².